The highest BCUT2D eigenvalue weighted by Crippen LogP contribution is 2.29. The number of thiophene rings is 1. The Hall–Kier alpha value is -1.38. The third-order valence-corrected chi connectivity index (χ3v) is 5.84. The van der Waals surface area contributed by atoms with Crippen molar-refractivity contribution in [3.8, 4) is 0 Å². The van der Waals surface area contributed by atoms with Crippen molar-refractivity contribution in [2.45, 2.75) is 18.7 Å². The van der Waals surface area contributed by atoms with Crippen LogP contribution in [0.4, 0.5) is 5.00 Å². The van der Waals surface area contributed by atoms with Crippen LogP contribution in [-0.4, -0.2) is 21.0 Å². The molecule has 0 aliphatic heterocycles. The van der Waals surface area contributed by atoms with Crippen molar-refractivity contribution in [3.05, 3.63) is 45.2 Å². The van der Waals surface area contributed by atoms with E-state index < -0.39 is 16.0 Å². The van der Waals surface area contributed by atoms with Gasteiger partial charge in [0.15, 0.2) is 0 Å². The molecule has 0 aliphatic carbocycles. The van der Waals surface area contributed by atoms with E-state index in [9.17, 15) is 13.2 Å². The van der Waals surface area contributed by atoms with Crippen LogP contribution in [0.25, 0.3) is 0 Å². The quantitative estimate of drug-likeness (QED) is 0.770. The standard InChI is InChI=1S/C14H14BrNO4S2/c1-3-20-14(17)13-9(2)7-12(21-13)16-22(18,19)11-6-4-5-10(15)8-11/h4-8,16H,3H2,1-2H3. The van der Waals surface area contributed by atoms with Gasteiger partial charge < -0.3 is 4.74 Å². The average molecular weight is 404 g/mol. The largest absolute Gasteiger partial charge is 0.462 e. The zero-order valence-corrected chi connectivity index (χ0v) is 15.1. The first-order valence-electron chi connectivity index (χ1n) is 6.39. The Balaban J connectivity index is 2.27. The van der Waals surface area contributed by atoms with E-state index in [0.29, 0.717) is 19.9 Å². The maximum Gasteiger partial charge on any atom is 0.348 e. The number of carbonyl (C=O) groups is 1. The van der Waals surface area contributed by atoms with Crippen LogP contribution in [0.5, 0.6) is 0 Å². The van der Waals surface area contributed by atoms with Crippen molar-refractivity contribution in [2.24, 2.45) is 0 Å². The molecule has 1 aromatic carbocycles. The Bertz CT molecular complexity index is 799. The van der Waals surface area contributed by atoms with Crippen molar-refractivity contribution >= 4 is 48.3 Å². The zero-order valence-electron chi connectivity index (χ0n) is 11.9. The topological polar surface area (TPSA) is 72.5 Å². The summed E-state index contributed by atoms with van der Waals surface area (Å²) >= 11 is 4.30. The second-order valence-electron chi connectivity index (χ2n) is 4.41. The predicted octanol–water partition coefficient (Wildman–Crippen LogP) is 3.80. The Labute approximate surface area is 141 Å². The zero-order chi connectivity index (χ0) is 16.3. The summed E-state index contributed by atoms with van der Waals surface area (Å²) in [7, 11) is -3.70. The Morgan fingerprint density at radius 1 is 1.36 bits per heavy atom. The molecule has 0 saturated heterocycles. The number of rotatable bonds is 5. The molecule has 2 aromatic rings. The van der Waals surface area contributed by atoms with E-state index in [1.165, 1.54) is 12.1 Å². The second-order valence-corrected chi connectivity index (χ2v) is 8.06. The maximum atomic E-state index is 12.3. The number of hydrogen-bond donors (Lipinski definition) is 1. The number of anilines is 1. The van der Waals surface area contributed by atoms with E-state index in [-0.39, 0.29) is 11.5 Å². The molecule has 1 heterocycles. The Kier molecular flexibility index (Phi) is 5.25. The number of esters is 1. The molecule has 118 valence electrons. The van der Waals surface area contributed by atoms with E-state index in [4.69, 9.17) is 4.74 Å². The number of carbonyl (C=O) groups excluding carboxylic acids is 1. The lowest BCUT2D eigenvalue weighted by molar-refractivity contribution is 0.0531. The normalized spacial score (nSPS) is 11.2. The minimum absolute atomic E-state index is 0.144. The first-order valence-corrected chi connectivity index (χ1v) is 9.48. The van der Waals surface area contributed by atoms with Gasteiger partial charge in [-0.25, -0.2) is 13.2 Å². The summed E-state index contributed by atoms with van der Waals surface area (Å²) in [5.41, 5.74) is 0.676. The van der Waals surface area contributed by atoms with Crippen LogP contribution in [0.2, 0.25) is 0 Å². The molecule has 0 bridgehead atoms. The van der Waals surface area contributed by atoms with Gasteiger partial charge in [-0.2, -0.15) is 0 Å². The molecule has 5 nitrogen and oxygen atoms in total. The predicted molar refractivity (Wildman–Crippen MR) is 90.0 cm³/mol. The summed E-state index contributed by atoms with van der Waals surface area (Å²) in [6.07, 6.45) is 0. The van der Waals surface area contributed by atoms with E-state index in [1.54, 1.807) is 32.0 Å². The summed E-state index contributed by atoms with van der Waals surface area (Å²) in [5.74, 6) is -0.446. The number of aryl methyl sites for hydroxylation is 1. The van der Waals surface area contributed by atoms with Crippen LogP contribution >= 0.6 is 27.3 Å². The molecule has 0 amide bonds. The molecule has 0 radical (unpaired) electrons. The van der Waals surface area contributed by atoms with Gasteiger partial charge in [-0.3, -0.25) is 4.72 Å². The van der Waals surface area contributed by atoms with Crippen LogP contribution in [0.15, 0.2) is 39.7 Å². The summed E-state index contributed by atoms with van der Waals surface area (Å²) in [6.45, 7) is 3.73. The SMILES string of the molecule is CCOC(=O)c1sc(NS(=O)(=O)c2cccc(Br)c2)cc1C. The lowest BCUT2D eigenvalue weighted by Crippen LogP contribution is -2.11. The number of hydrogen-bond acceptors (Lipinski definition) is 5. The molecule has 1 N–H and O–H groups in total. The fourth-order valence-corrected chi connectivity index (χ4v) is 4.60. The first kappa shape index (κ1) is 17.0. The van der Waals surface area contributed by atoms with Gasteiger partial charge in [0.1, 0.15) is 9.88 Å². The fourth-order valence-electron chi connectivity index (χ4n) is 1.76. The summed E-state index contributed by atoms with van der Waals surface area (Å²) in [4.78, 5) is 12.3. The van der Waals surface area contributed by atoms with Gasteiger partial charge in [-0.05, 0) is 43.7 Å². The lowest BCUT2D eigenvalue weighted by Gasteiger charge is -2.06. The highest BCUT2D eigenvalue weighted by atomic mass is 79.9. The highest BCUT2D eigenvalue weighted by molar-refractivity contribution is 9.10. The van der Waals surface area contributed by atoms with E-state index in [2.05, 4.69) is 20.7 Å². The molecule has 0 saturated carbocycles. The summed E-state index contributed by atoms with van der Waals surface area (Å²) in [5, 5.41) is 0.375. The molecule has 0 spiro atoms. The van der Waals surface area contributed by atoms with E-state index in [1.807, 2.05) is 0 Å². The molecule has 0 fully saturated rings. The van der Waals surface area contributed by atoms with Crippen molar-refractivity contribution in [3.63, 3.8) is 0 Å². The molecule has 0 unspecified atom stereocenters. The van der Waals surface area contributed by atoms with E-state index >= 15 is 0 Å². The number of benzene rings is 1. The van der Waals surface area contributed by atoms with Crippen molar-refractivity contribution in [2.75, 3.05) is 11.3 Å². The minimum atomic E-state index is -3.70. The number of ether oxygens (including phenoxy) is 1. The average Bonchev–Trinajstić information content (AvgIpc) is 2.79. The van der Waals surface area contributed by atoms with Crippen molar-refractivity contribution in [1.29, 1.82) is 0 Å². The molecule has 1 aromatic heterocycles. The Morgan fingerprint density at radius 2 is 2.09 bits per heavy atom. The van der Waals surface area contributed by atoms with Gasteiger partial charge in [0.05, 0.1) is 11.5 Å². The third kappa shape index (κ3) is 3.88. The smallest absolute Gasteiger partial charge is 0.348 e. The Morgan fingerprint density at radius 3 is 2.73 bits per heavy atom. The van der Waals surface area contributed by atoms with Gasteiger partial charge in [0, 0.05) is 4.47 Å². The third-order valence-electron chi connectivity index (χ3n) is 2.72. The van der Waals surface area contributed by atoms with Gasteiger partial charge >= 0.3 is 5.97 Å². The van der Waals surface area contributed by atoms with Crippen LogP contribution < -0.4 is 4.72 Å². The number of nitrogens with one attached hydrogen (secondary N) is 1. The number of sulfonamides is 1. The minimum Gasteiger partial charge on any atom is -0.462 e. The summed E-state index contributed by atoms with van der Waals surface area (Å²) in [6, 6.07) is 8.01. The monoisotopic (exact) mass is 403 g/mol. The lowest BCUT2D eigenvalue weighted by atomic mass is 10.3. The van der Waals surface area contributed by atoms with Gasteiger partial charge in [-0.15, -0.1) is 11.3 Å². The maximum absolute atomic E-state index is 12.3. The second kappa shape index (κ2) is 6.80. The highest BCUT2D eigenvalue weighted by Gasteiger charge is 2.19. The van der Waals surface area contributed by atoms with Crippen molar-refractivity contribution < 1.29 is 17.9 Å². The van der Waals surface area contributed by atoms with Gasteiger partial charge in [-0.1, -0.05) is 22.0 Å². The molecule has 2 rings (SSSR count). The molecule has 0 atom stereocenters. The molecular formula is C14H14BrNO4S2. The van der Waals surface area contributed by atoms with Gasteiger partial charge in [0.25, 0.3) is 10.0 Å². The van der Waals surface area contributed by atoms with Crippen molar-refractivity contribution in [1.82, 2.24) is 0 Å². The van der Waals surface area contributed by atoms with Gasteiger partial charge in [0.2, 0.25) is 0 Å². The molecule has 8 heteroatoms. The molecule has 0 aliphatic rings. The van der Waals surface area contributed by atoms with E-state index in [0.717, 1.165) is 11.3 Å². The fraction of sp³-hybridized carbons (Fsp3) is 0.214. The number of halogens is 1. The van der Waals surface area contributed by atoms with Crippen LogP contribution in [-0.2, 0) is 14.8 Å². The molecular weight excluding hydrogens is 390 g/mol. The molecule has 22 heavy (non-hydrogen) atoms. The summed E-state index contributed by atoms with van der Waals surface area (Å²) < 4.78 is 32.8. The van der Waals surface area contributed by atoms with Crippen LogP contribution in [0.1, 0.15) is 22.2 Å². The van der Waals surface area contributed by atoms with Crippen LogP contribution in [0.3, 0.4) is 0 Å². The van der Waals surface area contributed by atoms with Crippen LogP contribution in [0, 0.1) is 6.92 Å². The first-order chi connectivity index (χ1) is 10.3.